The molecule has 0 fully saturated rings. The van der Waals surface area contributed by atoms with Gasteiger partial charge < -0.3 is 15.4 Å². The minimum atomic E-state index is -0.431. The lowest BCUT2D eigenvalue weighted by molar-refractivity contribution is 0.0956. The monoisotopic (exact) mass is 447 g/mol. The number of para-hydroxylation sites is 1. The number of ether oxygens (including phenoxy) is 1. The molecule has 2 aromatic carbocycles. The minimum absolute atomic E-state index is 0.0611. The van der Waals surface area contributed by atoms with Gasteiger partial charge in [-0.1, -0.05) is 34.1 Å². The van der Waals surface area contributed by atoms with Crippen molar-refractivity contribution in [1.29, 1.82) is 0 Å². The fourth-order valence-corrected chi connectivity index (χ4v) is 2.80. The van der Waals surface area contributed by atoms with E-state index in [1.165, 1.54) is 7.11 Å². The Balaban J connectivity index is 2.12. The van der Waals surface area contributed by atoms with Gasteiger partial charge in [0.05, 0.1) is 23.9 Å². The van der Waals surface area contributed by atoms with Gasteiger partial charge in [-0.2, -0.15) is 0 Å². The van der Waals surface area contributed by atoms with E-state index >= 15 is 0 Å². The topological polar surface area (TPSA) is 79.5 Å². The first kappa shape index (κ1) is 20.6. The summed E-state index contributed by atoms with van der Waals surface area (Å²) >= 11 is 8.54. The molecule has 0 atom stereocenters. The molecule has 0 spiro atoms. The molecule has 0 saturated heterocycles. The van der Waals surface area contributed by atoms with Gasteiger partial charge in [0.25, 0.3) is 11.8 Å². The number of hydrogen-bond acceptors (Lipinski definition) is 4. The Kier molecular flexibility index (Phi) is 7.51. The fourth-order valence-electron chi connectivity index (χ4n) is 2.23. The maximum atomic E-state index is 12.5. The van der Waals surface area contributed by atoms with Crippen LogP contribution in [0.5, 0.6) is 5.75 Å². The predicted octanol–water partition coefficient (Wildman–Crippen LogP) is 3.50. The molecule has 0 bridgehead atoms. The zero-order valence-electron chi connectivity index (χ0n) is 14.5. The van der Waals surface area contributed by atoms with Crippen LogP contribution in [0.15, 0.2) is 59.6 Å². The molecule has 0 aromatic heterocycles. The third kappa shape index (κ3) is 5.63. The van der Waals surface area contributed by atoms with Gasteiger partial charge >= 0.3 is 0 Å². The average Bonchev–Trinajstić information content (AvgIpc) is 2.66. The molecule has 27 heavy (non-hydrogen) atoms. The summed E-state index contributed by atoms with van der Waals surface area (Å²) in [6.45, 7) is 3.91. The summed E-state index contributed by atoms with van der Waals surface area (Å²) in [5, 5.41) is 8.23. The van der Waals surface area contributed by atoms with Crippen LogP contribution in [-0.2, 0) is 0 Å². The molecule has 2 amide bonds. The molecule has 3 N–H and O–H groups in total. The van der Waals surface area contributed by atoms with E-state index in [4.69, 9.17) is 17.0 Å². The number of halogens is 1. The van der Waals surface area contributed by atoms with Crippen LogP contribution >= 0.6 is 28.1 Å². The van der Waals surface area contributed by atoms with Crippen molar-refractivity contribution in [1.82, 2.24) is 10.6 Å². The van der Waals surface area contributed by atoms with Crippen LogP contribution in [0.3, 0.4) is 0 Å². The summed E-state index contributed by atoms with van der Waals surface area (Å²) in [6, 6.07) is 11.9. The molecule has 0 aliphatic carbocycles. The summed E-state index contributed by atoms with van der Waals surface area (Å²) in [5.41, 5.74) is 1.20. The number of methoxy groups -OCH3 is 1. The number of hydrogen-bond donors (Lipinski definition) is 3. The van der Waals surface area contributed by atoms with Crippen molar-refractivity contribution >= 4 is 50.8 Å². The van der Waals surface area contributed by atoms with Crippen molar-refractivity contribution < 1.29 is 14.3 Å². The molecule has 8 heteroatoms. The second kappa shape index (κ2) is 9.84. The van der Waals surface area contributed by atoms with Crippen LogP contribution in [-0.4, -0.2) is 30.6 Å². The maximum Gasteiger partial charge on any atom is 0.261 e. The molecule has 140 valence electrons. The van der Waals surface area contributed by atoms with E-state index in [1.54, 1.807) is 48.5 Å². The van der Waals surface area contributed by atoms with Crippen molar-refractivity contribution in [3.8, 4) is 5.75 Å². The third-order valence-corrected chi connectivity index (χ3v) is 4.16. The third-order valence-electron chi connectivity index (χ3n) is 3.46. The Labute approximate surface area is 171 Å². The van der Waals surface area contributed by atoms with E-state index in [0.717, 1.165) is 4.47 Å². The first-order chi connectivity index (χ1) is 13.0. The molecular weight excluding hydrogens is 430 g/mol. The molecule has 2 rings (SSSR count). The van der Waals surface area contributed by atoms with Gasteiger partial charge in [0.15, 0.2) is 5.11 Å². The highest BCUT2D eigenvalue weighted by atomic mass is 79.9. The summed E-state index contributed by atoms with van der Waals surface area (Å²) in [7, 11) is 1.48. The molecular formula is C19H18BrN3O3S. The van der Waals surface area contributed by atoms with Gasteiger partial charge in [-0.3, -0.25) is 14.9 Å². The van der Waals surface area contributed by atoms with E-state index in [0.29, 0.717) is 29.1 Å². The van der Waals surface area contributed by atoms with Gasteiger partial charge in [0.2, 0.25) is 0 Å². The fraction of sp³-hybridized carbons (Fsp3) is 0.105. The number of benzene rings is 2. The van der Waals surface area contributed by atoms with Crippen molar-refractivity contribution in [3.63, 3.8) is 0 Å². The molecule has 0 unspecified atom stereocenters. The lowest BCUT2D eigenvalue weighted by Crippen LogP contribution is -2.35. The highest BCUT2D eigenvalue weighted by molar-refractivity contribution is 9.10. The lowest BCUT2D eigenvalue weighted by atomic mass is 10.1. The van der Waals surface area contributed by atoms with Crippen molar-refractivity contribution in [2.75, 3.05) is 19.0 Å². The Bertz CT molecular complexity index is 886. The van der Waals surface area contributed by atoms with Gasteiger partial charge in [-0.25, -0.2) is 0 Å². The standard InChI is InChI=1S/C19H18BrN3O3S/c1-3-10-21-17(24)13-6-4-5-7-15(13)22-19(27)23-18(25)14-11-12(20)8-9-16(14)26-2/h3-9,11H,1,10H2,2H3,(H,21,24)(H2,22,23,25,27). The lowest BCUT2D eigenvalue weighted by Gasteiger charge is -2.14. The first-order valence-electron chi connectivity index (χ1n) is 7.90. The number of carbonyl (C=O) groups excluding carboxylic acids is 2. The van der Waals surface area contributed by atoms with Gasteiger partial charge in [-0.15, -0.1) is 6.58 Å². The number of rotatable bonds is 6. The normalized spacial score (nSPS) is 9.85. The second-order valence-corrected chi connectivity index (χ2v) is 6.62. The Morgan fingerprint density at radius 3 is 2.63 bits per heavy atom. The number of anilines is 1. The van der Waals surface area contributed by atoms with Crippen LogP contribution in [0.4, 0.5) is 5.69 Å². The minimum Gasteiger partial charge on any atom is -0.496 e. The first-order valence-corrected chi connectivity index (χ1v) is 9.10. The van der Waals surface area contributed by atoms with Crippen LogP contribution in [0.2, 0.25) is 0 Å². The van der Waals surface area contributed by atoms with E-state index in [9.17, 15) is 9.59 Å². The van der Waals surface area contributed by atoms with Gasteiger partial charge in [0.1, 0.15) is 5.75 Å². The summed E-state index contributed by atoms with van der Waals surface area (Å²) in [5.74, 6) is -0.289. The highest BCUT2D eigenvalue weighted by Gasteiger charge is 2.16. The van der Waals surface area contributed by atoms with E-state index in [1.807, 2.05) is 0 Å². The molecule has 0 radical (unpaired) electrons. The molecule has 0 aliphatic heterocycles. The smallest absolute Gasteiger partial charge is 0.261 e. The Hall–Kier alpha value is -2.71. The SMILES string of the molecule is C=CCNC(=O)c1ccccc1NC(=S)NC(=O)c1cc(Br)ccc1OC. The van der Waals surface area contributed by atoms with Crippen molar-refractivity contribution in [3.05, 3.63) is 70.7 Å². The highest BCUT2D eigenvalue weighted by Crippen LogP contribution is 2.23. The number of carbonyl (C=O) groups is 2. The molecule has 0 heterocycles. The van der Waals surface area contributed by atoms with Gasteiger partial charge in [0, 0.05) is 11.0 Å². The number of nitrogens with one attached hydrogen (secondary N) is 3. The Morgan fingerprint density at radius 2 is 1.93 bits per heavy atom. The van der Waals surface area contributed by atoms with Crippen molar-refractivity contribution in [2.45, 2.75) is 0 Å². The summed E-state index contributed by atoms with van der Waals surface area (Å²) < 4.78 is 5.94. The zero-order chi connectivity index (χ0) is 19.8. The number of amides is 2. The largest absolute Gasteiger partial charge is 0.496 e. The van der Waals surface area contributed by atoms with Crippen LogP contribution in [0.25, 0.3) is 0 Å². The van der Waals surface area contributed by atoms with Crippen molar-refractivity contribution in [2.24, 2.45) is 0 Å². The predicted molar refractivity (Wildman–Crippen MR) is 113 cm³/mol. The van der Waals surface area contributed by atoms with Crippen LogP contribution in [0, 0.1) is 0 Å². The van der Waals surface area contributed by atoms with Crippen LogP contribution in [0.1, 0.15) is 20.7 Å². The zero-order valence-corrected chi connectivity index (χ0v) is 16.9. The molecule has 0 aliphatic rings. The van der Waals surface area contributed by atoms with Crippen LogP contribution < -0.4 is 20.7 Å². The molecule has 2 aromatic rings. The van der Waals surface area contributed by atoms with E-state index in [2.05, 4.69) is 38.5 Å². The Morgan fingerprint density at radius 1 is 1.19 bits per heavy atom. The number of thiocarbonyl (C=S) groups is 1. The van der Waals surface area contributed by atoms with Gasteiger partial charge in [-0.05, 0) is 42.5 Å². The summed E-state index contributed by atoms with van der Waals surface area (Å²) in [4.78, 5) is 24.7. The molecule has 6 nitrogen and oxygen atoms in total. The second-order valence-electron chi connectivity index (χ2n) is 5.30. The average molecular weight is 448 g/mol. The quantitative estimate of drug-likeness (QED) is 0.466. The van der Waals surface area contributed by atoms with E-state index in [-0.39, 0.29) is 11.0 Å². The maximum absolute atomic E-state index is 12.5. The molecule has 0 saturated carbocycles. The van der Waals surface area contributed by atoms with E-state index < -0.39 is 5.91 Å². The summed E-state index contributed by atoms with van der Waals surface area (Å²) in [6.07, 6.45) is 1.59.